The van der Waals surface area contributed by atoms with Crippen molar-refractivity contribution in [1.82, 2.24) is 0 Å². The van der Waals surface area contributed by atoms with E-state index in [-0.39, 0.29) is 29.6 Å². The van der Waals surface area contributed by atoms with Crippen molar-refractivity contribution < 1.29 is 29.6 Å². The molecule has 0 aliphatic carbocycles. The summed E-state index contributed by atoms with van der Waals surface area (Å²) in [6, 6.07) is 0. The Bertz CT molecular complexity index is 8.85. The number of nitrogens with one attached hydrogen (secondary N) is 1. The van der Waals surface area contributed by atoms with Crippen molar-refractivity contribution in [3.63, 3.8) is 0 Å². The van der Waals surface area contributed by atoms with Crippen LogP contribution in [0.25, 0.3) is 5.73 Å². The summed E-state index contributed by atoms with van der Waals surface area (Å²) in [7, 11) is 0. The van der Waals surface area contributed by atoms with Crippen LogP contribution in [0, 0.1) is 0 Å². The third-order valence-electron chi connectivity index (χ3n) is 0.250. The number of hydrogen-bond donors (Lipinski definition) is 0. The molecule has 0 spiro atoms. The van der Waals surface area contributed by atoms with Crippen molar-refractivity contribution in [2.24, 2.45) is 0 Å². The second-order valence-corrected chi connectivity index (χ2v) is 0.750. The van der Waals surface area contributed by atoms with Crippen molar-refractivity contribution in [1.29, 1.82) is 0 Å². The van der Waals surface area contributed by atoms with Crippen LogP contribution in [-0.2, 0) is 0 Å². The minimum Gasteiger partial charge on any atom is -0.677 e. The van der Waals surface area contributed by atoms with Crippen LogP contribution < -0.4 is 29.6 Å². The first-order valence-electron chi connectivity index (χ1n) is 1.56. The first kappa shape index (κ1) is 9.35. The molecular weight excluding hydrogens is 73.0 g/mol. The molecule has 5 heavy (non-hydrogen) atoms. The summed E-state index contributed by atoms with van der Waals surface area (Å²) in [6.07, 6.45) is 0.986. The Morgan fingerprint density at radius 1 is 1.60 bits per heavy atom. The maximum Gasteiger partial charge on any atom is 1.00 e. The Labute approximate surface area is 55.2 Å². The zero-order valence-electron chi connectivity index (χ0n) is 3.91. The van der Waals surface area contributed by atoms with E-state index in [9.17, 15) is 0 Å². The van der Waals surface area contributed by atoms with Gasteiger partial charge in [-0.1, -0.05) is 13.3 Å². The van der Waals surface area contributed by atoms with Gasteiger partial charge in [0.1, 0.15) is 0 Å². The summed E-state index contributed by atoms with van der Waals surface area (Å²) in [5.41, 5.74) is 6.45. The smallest absolute Gasteiger partial charge is 0.677 e. The van der Waals surface area contributed by atoms with Gasteiger partial charge in [0.2, 0.25) is 0 Å². The van der Waals surface area contributed by atoms with Crippen molar-refractivity contribution in [2.45, 2.75) is 13.3 Å². The maximum atomic E-state index is 6.45. The van der Waals surface area contributed by atoms with Gasteiger partial charge in [-0.05, 0) is 0 Å². The molecule has 2 heteroatoms. The van der Waals surface area contributed by atoms with Crippen molar-refractivity contribution in [3.05, 3.63) is 5.73 Å². The van der Waals surface area contributed by atoms with Crippen LogP contribution in [0.2, 0.25) is 0 Å². The third kappa shape index (κ3) is 11.3. The first-order chi connectivity index (χ1) is 1.91. The Morgan fingerprint density at radius 2 is 1.80 bits per heavy atom. The second-order valence-electron chi connectivity index (χ2n) is 0.750. The van der Waals surface area contributed by atoms with E-state index in [1.807, 2.05) is 6.92 Å². The predicted octanol–water partition coefficient (Wildman–Crippen LogP) is -1.55. The summed E-state index contributed by atoms with van der Waals surface area (Å²) in [6.45, 7) is 2.56. The number of hydrogen-bond acceptors (Lipinski definition) is 0. The van der Waals surface area contributed by atoms with Gasteiger partial charge >= 0.3 is 29.6 Å². The van der Waals surface area contributed by atoms with E-state index in [4.69, 9.17) is 5.73 Å². The molecule has 0 unspecified atom stereocenters. The molecule has 0 heterocycles. The Hall–Kier alpha value is 0.960. The summed E-state index contributed by atoms with van der Waals surface area (Å²) in [5, 5.41) is 0. The fraction of sp³-hybridized carbons (Fsp3) is 1.00. The molecule has 0 aliphatic heterocycles. The molecule has 0 rings (SSSR count). The largest absolute Gasteiger partial charge is 1.00 e. The fourth-order valence-electron chi connectivity index (χ4n) is 0. The Kier molecular flexibility index (Phi) is 16.6. The Morgan fingerprint density at radius 3 is 1.80 bits per heavy atom. The van der Waals surface area contributed by atoms with Crippen molar-refractivity contribution in [3.8, 4) is 0 Å². The van der Waals surface area contributed by atoms with Gasteiger partial charge in [-0.3, -0.25) is 0 Å². The SMILES string of the molecule is CCC[NH-].[Na+]. The van der Waals surface area contributed by atoms with E-state index in [0.717, 1.165) is 6.42 Å². The molecule has 0 aromatic rings. The summed E-state index contributed by atoms with van der Waals surface area (Å²) in [5.74, 6) is 0. The molecule has 1 N–H and O–H groups in total. The van der Waals surface area contributed by atoms with E-state index >= 15 is 0 Å². The molecule has 1 nitrogen and oxygen atoms in total. The molecule has 26 valence electrons. The minimum atomic E-state index is 0. The predicted molar refractivity (Wildman–Crippen MR) is 19.5 cm³/mol. The van der Waals surface area contributed by atoms with E-state index in [0.29, 0.717) is 6.54 Å². The van der Waals surface area contributed by atoms with Crippen molar-refractivity contribution >= 4 is 0 Å². The van der Waals surface area contributed by atoms with Crippen LogP contribution in [0.3, 0.4) is 0 Å². The zero-order chi connectivity index (χ0) is 3.41. The summed E-state index contributed by atoms with van der Waals surface area (Å²) < 4.78 is 0. The molecule has 0 saturated carbocycles. The number of rotatable bonds is 1. The normalized spacial score (nSPS) is 6.00. The molecule has 0 fully saturated rings. The maximum absolute atomic E-state index is 6.45. The van der Waals surface area contributed by atoms with E-state index in [1.54, 1.807) is 0 Å². The van der Waals surface area contributed by atoms with Gasteiger partial charge in [0.25, 0.3) is 0 Å². The van der Waals surface area contributed by atoms with Gasteiger partial charge in [-0.15, -0.1) is 0 Å². The molecular formula is C3H8NNa. The van der Waals surface area contributed by atoms with Crippen LogP contribution in [0.5, 0.6) is 0 Å². The summed E-state index contributed by atoms with van der Waals surface area (Å²) in [4.78, 5) is 0. The van der Waals surface area contributed by atoms with Gasteiger partial charge in [0.15, 0.2) is 0 Å². The van der Waals surface area contributed by atoms with Crippen LogP contribution in [0.1, 0.15) is 13.3 Å². The third-order valence-corrected chi connectivity index (χ3v) is 0.250. The van der Waals surface area contributed by atoms with Crippen LogP contribution in [-0.4, -0.2) is 6.54 Å². The average molecular weight is 81.1 g/mol. The average Bonchev–Trinajstić information content (AvgIpc) is 1.37. The Balaban J connectivity index is 0. The molecule has 0 saturated heterocycles. The van der Waals surface area contributed by atoms with Gasteiger partial charge < -0.3 is 5.73 Å². The van der Waals surface area contributed by atoms with Crippen LogP contribution in [0.15, 0.2) is 0 Å². The van der Waals surface area contributed by atoms with E-state index in [1.165, 1.54) is 0 Å². The molecule has 0 amide bonds. The van der Waals surface area contributed by atoms with Crippen LogP contribution >= 0.6 is 0 Å². The van der Waals surface area contributed by atoms with Gasteiger partial charge in [-0.2, -0.15) is 6.54 Å². The topological polar surface area (TPSA) is 23.8 Å². The standard InChI is InChI=1S/C3H8N.Na/c1-2-3-4;/h4H,2-3H2,1H3;/q-1;+1. The molecule has 0 aromatic heterocycles. The van der Waals surface area contributed by atoms with Gasteiger partial charge in [0, 0.05) is 0 Å². The monoisotopic (exact) mass is 81.1 g/mol. The molecule has 0 aromatic carbocycles. The fourth-order valence-corrected chi connectivity index (χ4v) is 0. The molecule has 0 radical (unpaired) electrons. The minimum absolute atomic E-state index is 0. The second kappa shape index (κ2) is 8.88. The quantitative estimate of drug-likeness (QED) is 0.341. The molecule has 0 atom stereocenters. The summed E-state index contributed by atoms with van der Waals surface area (Å²) >= 11 is 0. The molecule has 0 bridgehead atoms. The molecule has 0 aliphatic rings. The van der Waals surface area contributed by atoms with Crippen molar-refractivity contribution in [2.75, 3.05) is 6.54 Å². The van der Waals surface area contributed by atoms with Gasteiger partial charge in [0.05, 0.1) is 0 Å². The van der Waals surface area contributed by atoms with E-state index < -0.39 is 0 Å². The first-order valence-corrected chi connectivity index (χ1v) is 1.56. The van der Waals surface area contributed by atoms with Crippen LogP contribution in [0.4, 0.5) is 0 Å². The zero-order valence-corrected chi connectivity index (χ0v) is 5.91. The van der Waals surface area contributed by atoms with E-state index in [2.05, 4.69) is 0 Å². The van der Waals surface area contributed by atoms with Gasteiger partial charge in [-0.25, -0.2) is 0 Å².